The number of aromatic nitrogens is 2. The molecule has 0 aliphatic heterocycles. The molecule has 0 saturated heterocycles. The van der Waals surface area contributed by atoms with Gasteiger partial charge in [-0.3, -0.25) is 0 Å². The highest BCUT2D eigenvalue weighted by Crippen LogP contribution is 2.32. The molecule has 5 heteroatoms. The first-order valence-corrected chi connectivity index (χ1v) is 7.06. The molecule has 0 fully saturated rings. The van der Waals surface area contributed by atoms with Gasteiger partial charge in [0.1, 0.15) is 16.5 Å². The van der Waals surface area contributed by atoms with E-state index in [1.165, 1.54) is 11.1 Å². The Hall–Kier alpha value is -1.62. The monoisotopic (exact) mass is 319 g/mol. The van der Waals surface area contributed by atoms with Crippen LogP contribution in [-0.2, 0) is 6.42 Å². The van der Waals surface area contributed by atoms with Crippen LogP contribution in [-0.4, -0.2) is 9.97 Å². The lowest BCUT2D eigenvalue weighted by atomic mass is 9.89. The Morgan fingerprint density at radius 3 is 2.95 bits per heavy atom. The van der Waals surface area contributed by atoms with Crippen molar-refractivity contribution in [2.24, 2.45) is 0 Å². The Balaban J connectivity index is 1.88. The summed E-state index contributed by atoms with van der Waals surface area (Å²) < 4.78 is 6.55. The summed E-state index contributed by atoms with van der Waals surface area (Å²) in [5.41, 5.74) is 8.28. The van der Waals surface area contributed by atoms with Gasteiger partial charge in [0.2, 0.25) is 0 Å². The standard InChI is InChI=1S/C14H14BrN3O/c15-12-8-13(16)18-14(17-12)19-11-7-3-5-9-4-1-2-6-10(9)11/h1-2,4,6,8,11H,3,5,7H2,(H2,16,17,18). The van der Waals surface area contributed by atoms with E-state index >= 15 is 0 Å². The number of nitrogen functional groups attached to an aromatic ring is 1. The fourth-order valence-electron chi connectivity index (χ4n) is 2.43. The molecule has 98 valence electrons. The maximum Gasteiger partial charge on any atom is 0.320 e. The number of anilines is 1. The number of ether oxygens (including phenoxy) is 1. The molecule has 1 aromatic carbocycles. The van der Waals surface area contributed by atoms with Gasteiger partial charge >= 0.3 is 6.01 Å². The third kappa shape index (κ3) is 2.71. The number of fused-ring (bicyclic) bond motifs is 1. The number of nitrogens with zero attached hydrogens (tertiary/aromatic N) is 2. The molecular formula is C14H14BrN3O. The molecule has 2 N–H and O–H groups in total. The summed E-state index contributed by atoms with van der Waals surface area (Å²) in [6.07, 6.45) is 3.22. The summed E-state index contributed by atoms with van der Waals surface area (Å²) in [5.74, 6) is 0.404. The topological polar surface area (TPSA) is 61.0 Å². The molecule has 1 unspecified atom stereocenters. The minimum absolute atomic E-state index is 0.0126. The lowest BCUT2D eigenvalue weighted by Crippen LogP contribution is -2.16. The van der Waals surface area contributed by atoms with E-state index in [1.807, 2.05) is 6.07 Å². The summed E-state index contributed by atoms with van der Waals surface area (Å²) >= 11 is 3.30. The Kier molecular flexibility index (Phi) is 3.38. The van der Waals surface area contributed by atoms with Gasteiger partial charge in [0.15, 0.2) is 0 Å². The molecule has 0 amide bonds. The largest absolute Gasteiger partial charge is 0.455 e. The van der Waals surface area contributed by atoms with Gasteiger partial charge in [-0.2, -0.15) is 9.97 Å². The van der Waals surface area contributed by atoms with Crippen molar-refractivity contribution in [2.45, 2.75) is 25.4 Å². The normalized spacial score (nSPS) is 17.8. The highest BCUT2D eigenvalue weighted by Gasteiger charge is 2.22. The highest BCUT2D eigenvalue weighted by atomic mass is 79.9. The summed E-state index contributed by atoms with van der Waals surface area (Å²) in [5, 5.41) is 0. The lowest BCUT2D eigenvalue weighted by Gasteiger charge is -2.25. The number of hydrogen-bond acceptors (Lipinski definition) is 4. The van der Waals surface area contributed by atoms with Crippen molar-refractivity contribution in [3.8, 4) is 6.01 Å². The SMILES string of the molecule is Nc1cc(Br)nc(OC2CCCc3ccccc32)n1. The molecule has 3 rings (SSSR count). The minimum Gasteiger partial charge on any atom is -0.455 e. The van der Waals surface area contributed by atoms with Crippen molar-refractivity contribution < 1.29 is 4.74 Å². The summed E-state index contributed by atoms with van der Waals surface area (Å²) in [6.45, 7) is 0. The number of hydrogen-bond donors (Lipinski definition) is 1. The smallest absolute Gasteiger partial charge is 0.320 e. The average molecular weight is 320 g/mol. The van der Waals surface area contributed by atoms with Crippen molar-refractivity contribution in [2.75, 3.05) is 5.73 Å². The first kappa shape index (κ1) is 12.4. The van der Waals surface area contributed by atoms with Gasteiger partial charge in [0.25, 0.3) is 0 Å². The molecule has 19 heavy (non-hydrogen) atoms. The van der Waals surface area contributed by atoms with E-state index < -0.39 is 0 Å². The van der Waals surface area contributed by atoms with Gasteiger partial charge < -0.3 is 10.5 Å². The first-order chi connectivity index (χ1) is 9.22. The van der Waals surface area contributed by atoms with E-state index in [4.69, 9.17) is 10.5 Å². The van der Waals surface area contributed by atoms with Crippen molar-refractivity contribution in [3.63, 3.8) is 0 Å². The van der Waals surface area contributed by atoms with Crippen LogP contribution in [0.4, 0.5) is 5.82 Å². The Bertz CT molecular complexity index is 583. The predicted molar refractivity (Wildman–Crippen MR) is 76.9 cm³/mol. The zero-order valence-corrected chi connectivity index (χ0v) is 11.9. The van der Waals surface area contributed by atoms with Crippen LogP contribution in [0.3, 0.4) is 0 Å². The predicted octanol–water partition coefficient (Wildman–Crippen LogP) is 3.28. The number of aryl methyl sites for hydroxylation is 1. The van der Waals surface area contributed by atoms with E-state index in [1.54, 1.807) is 6.07 Å². The van der Waals surface area contributed by atoms with Gasteiger partial charge in [-0.25, -0.2) is 0 Å². The fraction of sp³-hybridized carbons (Fsp3) is 0.286. The molecule has 1 atom stereocenters. The van der Waals surface area contributed by atoms with Crippen molar-refractivity contribution in [3.05, 3.63) is 46.1 Å². The van der Waals surface area contributed by atoms with E-state index in [0.717, 1.165) is 19.3 Å². The van der Waals surface area contributed by atoms with Crippen LogP contribution in [0.1, 0.15) is 30.1 Å². The maximum atomic E-state index is 5.91. The molecule has 1 aliphatic carbocycles. The minimum atomic E-state index is 0.0126. The van der Waals surface area contributed by atoms with Gasteiger partial charge in [0, 0.05) is 6.07 Å². The Morgan fingerprint density at radius 2 is 2.11 bits per heavy atom. The molecule has 1 aromatic heterocycles. The zero-order valence-electron chi connectivity index (χ0n) is 10.3. The highest BCUT2D eigenvalue weighted by molar-refractivity contribution is 9.10. The van der Waals surface area contributed by atoms with E-state index in [0.29, 0.717) is 16.4 Å². The summed E-state index contributed by atoms with van der Waals surface area (Å²) in [7, 11) is 0. The molecule has 1 aliphatic rings. The molecule has 0 saturated carbocycles. The number of nitrogens with two attached hydrogens (primary N) is 1. The van der Waals surface area contributed by atoms with Crippen molar-refractivity contribution >= 4 is 21.7 Å². The fourth-order valence-corrected chi connectivity index (χ4v) is 2.81. The van der Waals surface area contributed by atoms with E-state index in [2.05, 4.69) is 44.1 Å². The number of rotatable bonds is 2. The van der Waals surface area contributed by atoms with Crippen molar-refractivity contribution in [1.29, 1.82) is 0 Å². The van der Waals surface area contributed by atoms with E-state index in [9.17, 15) is 0 Å². The second-order valence-corrected chi connectivity index (χ2v) is 5.41. The third-order valence-corrected chi connectivity index (χ3v) is 3.66. The van der Waals surface area contributed by atoms with Crippen LogP contribution >= 0.6 is 15.9 Å². The van der Waals surface area contributed by atoms with Crippen LogP contribution in [0.25, 0.3) is 0 Å². The zero-order chi connectivity index (χ0) is 13.2. The van der Waals surface area contributed by atoms with Gasteiger partial charge in [-0.15, -0.1) is 0 Å². The van der Waals surface area contributed by atoms with Gasteiger partial charge in [-0.1, -0.05) is 24.3 Å². The maximum absolute atomic E-state index is 5.91. The second-order valence-electron chi connectivity index (χ2n) is 4.60. The summed E-state index contributed by atoms with van der Waals surface area (Å²) in [4.78, 5) is 8.32. The van der Waals surface area contributed by atoms with Crippen LogP contribution in [0.5, 0.6) is 6.01 Å². The van der Waals surface area contributed by atoms with Crippen molar-refractivity contribution in [1.82, 2.24) is 9.97 Å². The average Bonchev–Trinajstić information content (AvgIpc) is 2.38. The van der Waals surface area contributed by atoms with Crippen LogP contribution in [0.2, 0.25) is 0 Å². The molecular weight excluding hydrogens is 306 g/mol. The first-order valence-electron chi connectivity index (χ1n) is 6.27. The van der Waals surface area contributed by atoms with E-state index in [-0.39, 0.29) is 6.10 Å². The molecule has 2 aromatic rings. The third-order valence-electron chi connectivity index (χ3n) is 3.26. The van der Waals surface area contributed by atoms with Crippen LogP contribution < -0.4 is 10.5 Å². The Morgan fingerprint density at radius 1 is 1.26 bits per heavy atom. The molecule has 0 bridgehead atoms. The number of benzene rings is 1. The summed E-state index contributed by atoms with van der Waals surface area (Å²) in [6, 6.07) is 10.3. The molecule has 0 spiro atoms. The molecule has 0 radical (unpaired) electrons. The van der Waals surface area contributed by atoms with Crippen LogP contribution in [0, 0.1) is 0 Å². The molecule has 1 heterocycles. The number of halogens is 1. The lowest BCUT2D eigenvalue weighted by molar-refractivity contribution is 0.167. The van der Waals surface area contributed by atoms with Crippen LogP contribution in [0.15, 0.2) is 34.9 Å². The second kappa shape index (κ2) is 5.17. The molecule has 4 nitrogen and oxygen atoms in total. The Labute approximate surface area is 120 Å². The van der Waals surface area contributed by atoms with Gasteiger partial charge in [-0.05, 0) is 46.3 Å². The quantitative estimate of drug-likeness (QED) is 0.863. The van der Waals surface area contributed by atoms with Gasteiger partial charge in [0.05, 0.1) is 0 Å².